The summed E-state index contributed by atoms with van der Waals surface area (Å²) in [4.78, 5) is 0. The largest absolute Gasteiger partial charge is 0.495 e. The summed E-state index contributed by atoms with van der Waals surface area (Å²) in [7, 11) is 1.62. The van der Waals surface area contributed by atoms with Crippen molar-refractivity contribution >= 4 is 5.69 Å². The average Bonchev–Trinajstić information content (AvgIpc) is 2.52. The van der Waals surface area contributed by atoms with E-state index in [1.165, 1.54) is 5.56 Å². The van der Waals surface area contributed by atoms with Crippen LogP contribution < -0.4 is 14.8 Å². The highest BCUT2D eigenvalue weighted by Crippen LogP contribution is 2.22. The van der Waals surface area contributed by atoms with Crippen LogP contribution in [0.15, 0.2) is 48.5 Å². The number of aryl methyl sites for hydroxylation is 1. The van der Waals surface area contributed by atoms with Crippen molar-refractivity contribution in [1.82, 2.24) is 0 Å². The van der Waals surface area contributed by atoms with E-state index in [0.717, 1.165) is 17.2 Å². The predicted molar refractivity (Wildman–Crippen MR) is 84.2 cm³/mol. The molecule has 0 aliphatic carbocycles. The van der Waals surface area contributed by atoms with Crippen LogP contribution in [0, 0.1) is 6.92 Å². The van der Waals surface area contributed by atoms with Gasteiger partial charge in [0.2, 0.25) is 0 Å². The molecule has 2 aromatic rings. The number of para-hydroxylation sites is 2. The van der Waals surface area contributed by atoms with Crippen LogP contribution >= 0.6 is 0 Å². The van der Waals surface area contributed by atoms with Gasteiger partial charge in [0.05, 0.1) is 12.8 Å². The molecule has 0 aliphatic rings. The lowest BCUT2D eigenvalue weighted by Gasteiger charge is -2.15. The minimum Gasteiger partial charge on any atom is -0.495 e. The number of rotatable bonds is 7. The van der Waals surface area contributed by atoms with Gasteiger partial charge in [0.25, 0.3) is 0 Å². The molecule has 0 heterocycles. The summed E-state index contributed by atoms with van der Waals surface area (Å²) >= 11 is 0. The van der Waals surface area contributed by atoms with Gasteiger partial charge in [-0.2, -0.15) is 0 Å². The van der Waals surface area contributed by atoms with Crippen LogP contribution in [0.2, 0.25) is 0 Å². The molecule has 0 radical (unpaired) electrons. The SMILES string of the molecule is COc1ccccc1NCC(O)COc1ccc(C)cc1. The van der Waals surface area contributed by atoms with Gasteiger partial charge in [-0.1, -0.05) is 29.8 Å². The zero-order chi connectivity index (χ0) is 15.1. The Bertz CT molecular complexity index is 554. The summed E-state index contributed by atoms with van der Waals surface area (Å²) in [6.45, 7) is 2.66. The highest BCUT2D eigenvalue weighted by atomic mass is 16.5. The van der Waals surface area contributed by atoms with Gasteiger partial charge in [-0.3, -0.25) is 0 Å². The van der Waals surface area contributed by atoms with E-state index in [2.05, 4.69) is 5.32 Å². The number of aliphatic hydroxyl groups is 1. The normalized spacial score (nSPS) is 11.8. The van der Waals surface area contributed by atoms with E-state index in [4.69, 9.17) is 9.47 Å². The number of hydrogen-bond acceptors (Lipinski definition) is 4. The highest BCUT2D eigenvalue weighted by molar-refractivity contribution is 5.56. The molecule has 0 fully saturated rings. The Morgan fingerprint density at radius 3 is 2.52 bits per heavy atom. The average molecular weight is 287 g/mol. The third-order valence-corrected chi connectivity index (χ3v) is 3.10. The van der Waals surface area contributed by atoms with Gasteiger partial charge in [0.15, 0.2) is 0 Å². The van der Waals surface area contributed by atoms with Crippen molar-refractivity contribution in [3.63, 3.8) is 0 Å². The second-order valence-corrected chi connectivity index (χ2v) is 4.86. The smallest absolute Gasteiger partial charge is 0.141 e. The molecule has 0 saturated carbocycles. The molecule has 0 saturated heterocycles. The first-order valence-corrected chi connectivity index (χ1v) is 6.93. The minimum atomic E-state index is -0.601. The summed E-state index contributed by atoms with van der Waals surface area (Å²) in [5, 5.41) is 13.1. The highest BCUT2D eigenvalue weighted by Gasteiger charge is 2.07. The maximum absolute atomic E-state index is 9.96. The topological polar surface area (TPSA) is 50.7 Å². The second kappa shape index (κ2) is 7.55. The molecule has 0 amide bonds. The van der Waals surface area contributed by atoms with E-state index >= 15 is 0 Å². The van der Waals surface area contributed by atoms with Gasteiger partial charge < -0.3 is 19.9 Å². The number of methoxy groups -OCH3 is 1. The molecule has 0 aliphatic heterocycles. The van der Waals surface area contributed by atoms with Crippen LogP contribution in [0.25, 0.3) is 0 Å². The third kappa shape index (κ3) is 4.68. The fourth-order valence-corrected chi connectivity index (χ4v) is 1.90. The van der Waals surface area contributed by atoms with Crippen LogP contribution in [-0.4, -0.2) is 31.5 Å². The Morgan fingerprint density at radius 1 is 1.10 bits per heavy atom. The fraction of sp³-hybridized carbons (Fsp3) is 0.294. The molecule has 2 N–H and O–H groups in total. The summed E-state index contributed by atoms with van der Waals surface area (Å²) in [5.41, 5.74) is 2.04. The number of benzene rings is 2. The van der Waals surface area contributed by atoms with Crippen LogP contribution in [0.4, 0.5) is 5.69 Å². The molecule has 4 nitrogen and oxygen atoms in total. The van der Waals surface area contributed by atoms with Crippen molar-refractivity contribution in [3.8, 4) is 11.5 Å². The van der Waals surface area contributed by atoms with Crippen molar-refractivity contribution in [2.45, 2.75) is 13.0 Å². The molecule has 1 unspecified atom stereocenters. The Labute approximate surface area is 125 Å². The number of nitrogens with one attached hydrogen (secondary N) is 1. The molecule has 112 valence electrons. The van der Waals surface area contributed by atoms with Gasteiger partial charge in [-0.15, -0.1) is 0 Å². The van der Waals surface area contributed by atoms with E-state index in [0.29, 0.717) is 6.54 Å². The van der Waals surface area contributed by atoms with Crippen molar-refractivity contribution in [1.29, 1.82) is 0 Å². The van der Waals surface area contributed by atoms with E-state index in [1.807, 2.05) is 55.5 Å². The maximum atomic E-state index is 9.96. The lowest BCUT2D eigenvalue weighted by Crippen LogP contribution is -2.26. The van der Waals surface area contributed by atoms with Crippen LogP contribution in [-0.2, 0) is 0 Å². The second-order valence-electron chi connectivity index (χ2n) is 4.86. The van der Waals surface area contributed by atoms with E-state index < -0.39 is 6.10 Å². The van der Waals surface area contributed by atoms with Gasteiger partial charge in [0.1, 0.15) is 24.2 Å². The quantitative estimate of drug-likeness (QED) is 0.822. The summed E-state index contributed by atoms with van der Waals surface area (Å²) in [6, 6.07) is 15.4. The zero-order valence-corrected chi connectivity index (χ0v) is 12.4. The molecule has 2 rings (SSSR count). The summed E-state index contributed by atoms with van der Waals surface area (Å²) in [6.07, 6.45) is -0.601. The Morgan fingerprint density at radius 2 is 1.81 bits per heavy atom. The predicted octanol–water partition coefficient (Wildman–Crippen LogP) is 2.86. The van der Waals surface area contributed by atoms with Crippen molar-refractivity contribution in [2.24, 2.45) is 0 Å². The molecule has 0 spiro atoms. The van der Waals surface area contributed by atoms with Crippen molar-refractivity contribution in [3.05, 3.63) is 54.1 Å². The maximum Gasteiger partial charge on any atom is 0.141 e. The molecule has 1 atom stereocenters. The number of anilines is 1. The Hall–Kier alpha value is -2.20. The summed E-state index contributed by atoms with van der Waals surface area (Å²) < 4.78 is 10.8. The minimum absolute atomic E-state index is 0.241. The lowest BCUT2D eigenvalue weighted by molar-refractivity contribution is 0.117. The first-order valence-electron chi connectivity index (χ1n) is 6.93. The van der Waals surface area contributed by atoms with Crippen LogP contribution in [0.1, 0.15) is 5.56 Å². The van der Waals surface area contributed by atoms with Crippen LogP contribution in [0.5, 0.6) is 11.5 Å². The molecular formula is C17H21NO3. The van der Waals surface area contributed by atoms with Gasteiger partial charge in [0, 0.05) is 6.54 Å². The van der Waals surface area contributed by atoms with Crippen molar-refractivity contribution < 1.29 is 14.6 Å². The van der Waals surface area contributed by atoms with Crippen molar-refractivity contribution in [2.75, 3.05) is 25.6 Å². The molecular weight excluding hydrogens is 266 g/mol. The zero-order valence-electron chi connectivity index (χ0n) is 12.4. The third-order valence-electron chi connectivity index (χ3n) is 3.10. The monoisotopic (exact) mass is 287 g/mol. The number of aliphatic hydroxyl groups excluding tert-OH is 1. The lowest BCUT2D eigenvalue weighted by atomic mass is 10.2. The first-order chi connectivity index (χ1) is 10.2. The Balaban J connectivity index is 1.79. The van der Waals surface area contributed by atoms with Crippen LogP contribution in [0.3, 0.4) is 0 Å². The number of ether oxygens (including phenoxy) is 2. The summed E-state index contributed by atoms with van der Waals surface area (Å²) in [5.74, 6) is 1.51. The van der Waals surface area contributed by atoms with Gasteiger partial charge in [-0.25, -0.2) is 0 Å². The molecule has 2 aromatic carbocycles. The molecule has 0 bridgehead atoms. The Kier molecular flexibility index (Phi) is 5.46. The number of hydrogen-bond donors (Lipinski definition) is 2. The van der Waals surface area contributed by atoms with E-state index in [9.17, 15) is 5.11 Å². The first kappa shape index (κ1) is 15.2. The molecule has 0 aromatic heterocycles. The standard InChI is InChI=1S/C17H21NO3/c1-13-7-9-15(10-8-13)21-12-14(19)11-18-16-5-3-4-6-17(16)20-2/h3-10,14,18-19H,11-12H2,1-2H3. The van der Waals surface area contributed by atoms with Gasteiger partial charge in [-0.05, 0) is 31.2 Å². The fourth-order valence-electron chi connectivity index (χ4n) is 1.90. The van der Waals surface area contributed by atoms with E-state index in [1.54, 1.807) is 7.11 Å². The molecule has 4 heteroatoms. The molecule has 21 heavy (non-hydrogen) atoms. The van der Waals surface area contributed by atoms with Gasteiger partial charge >= 0.3 is 0 Å². The van der Waals surface area contributed by atoms with E-state index in [-0.39, 0.29) is 6.61 Å².